The van der Waals surface area contributed by atoms with Crippen LogP contribution in [-0.4, -0.2) is 22.0 Å². The highest BCUT2D eigenvalue weighted by molar-refractivity contribution is 9.08. The zero-order valence-corrected chi connectivity index (χ0v) is 13.7. The molecule has 2 heterocycles. The second-order valence-corrected chi connectivity index (χ2v) is 6.15. The molecule has 0 atom stereocenters. The standard InChI is InChI=1S/C15H22BrN3/c1-11(2)10-19(12(3)4)15-13(9-16)18-8-6-5-7-14(18)17-15/h5-8,11-12H,9-10H2,1-4H3. The van der Waals surface area contributed by atoms with Crippen molar-refractivity contribution < 1.29 is 0 Å². The molecule has 0 aliphatic rings. The number of nitrogens with zero attached hydrogens (tertiary/aromatic N) is 3. The van der Waals surface area contributed by atoms with Crippen molar-refractivity contribution in [2.75, 3.05) is 11.4 Å². The van der Waals surface area contributed by atoms with E-state index in [2.05, 4.69) is 65.2 Å². The molecule has 2 rings (SSSR count). The summed E-state index contributed by atoms with van der Waals surface area (Å²) in [5, 5.41) is 0.814. The smallest absolute Gasteiger partial charge is 0.152 e. The molecule has 0 fully saturated rings. The van der Waals surface area contributed by atoms with E-state index in [1.54, 1.807) is 0 Å². The van der Waals surface area contributed by atoms with Crippen LogP contribution in [0.2, 0.25) is 0 Å². The molecule has 4 heteroatoms. The van der Waals surface area contributed by atoms with Crippen LogP contribution in [0.3, 0.4) is 0 Å². The Bertz CT molecular complexity index is 545. The molecule has 19 heavy (non-hydrogen) atoms. The van der Waals surface area contributed by atoms with E-state index in [0.29, 0.717) is 12.0 Å². The van der Waals surface area contributed by atoms with Gasteiger partial charge in [-0.25, -0.2) is 4.98 Å². The first-order valence-corrected chi connectivity index (χ1v) is 7.95. The number of imidazole rings is 1. The molecule has 0 radical (unpaired) electrons. The van der Waals surface area contributed by atoms with Gasteiger partial charge in [-0.15, -0.1) is 0 Å². The summed E-state index contributed by atoms with van der Waals surface area (Å²) in [6.45, 7) is 9.98. The summed E-state index contributed by atoms with van der Waals surface area (Å²) in [7, 11) is 0. The summed E-state index contributed by atoms with van der Waals surface area (Å²) in [5.74, 6) is 1.72. The predicted molar refractivity (Wildman–Crippen MR) is 85.1 cm³/mol. The molecule has 0 spiro atoms. The number of anilines is 1. The Morgan fingerprint density at radius 2 is 2.00 bits per heavy atom. The van der Waals surface area contributed by atoms with Crippen molar-refractivity contribution in [2.45, 2.75) is 39.1 Å². The van der Waals surface area contributed by atoms with Gasteiger partial charge >= 0.3 is 0 Å². The number of hydrogen-bond donors (Lipinski definition) is 0. The predicted octanol–water partition coefficient (Wildman–Crippen LogP) is 4.10. The van der Waals surface area contributed by atoms with Crippen LogP contribution >= 0.6 is 15.9 Å². The molecular weight excluding hydrogens is 302 g/mol. The van der Waals surface area contributed by atoms with Crippen molar-refractivity contribution in [3.05, 3.63) is 30.1 Å². The lowest BCUT2D eigenvalue weighted by Crippen LogP contribution is -2.35. The molecule has 0 bridgehead atoms. The van der Waals surface area contributed by atoms with E-state index in [0.717, 1.165) is 23.3 Å². The van der Waals surface area contributed by atoms with Crippen LogP contribution in [0.15, 0.2) is 24.4 Å². The van der Waals surface area contributed by atoms with Crippen LogP contribution in [0.25, 0.3) is 5.65 Å². The molecule has 0 aliphatic carbocycles. The van der Waals surface area contributed by atoms with Gasteiger partial charge < -0.3 is 9.30 Å². The third-order valence-corrected chi connectivity index (χ3v) is 3.72. The van der Waals surface area contributed by atoms with Crippen molar-refractivity contribution in [3.8, 4) is 0 Å². The lowest BCUT2D eigenvalue weighted by molar-refractivity contribution is 0.566. The molecule has 0 saturated carbocycles. The molecule has 0 N–H and O–H groups in total. The van der Waals surface area contributed by atoms with Gasteiger partial charge in [-0.3, -0.25) is 0 Å². The second kappa shape index (κ2) is 5.95. The Morgan fingerprint density at radius 3 is 2.58 bits per heavy atom. The Kier molecular flexibility index (Phi) is 4.50. The summed E-state index contributed by atoms with van der Waals surface area (Å²) in [4.78, 5) is 7.21. The monoisotopic (exact) mass is 323 g/mol. The Labute approximate surface area is 123 Å². The van der Waals surface area contributed by atoms with E-state index in [9.17, 15) is 0 Å². The van der Waals surface area contributed by atoms with Crippen molar-refractivity contribution in [1.82, 2.24) is 9.38 Å². The van der Waals surface area contributed by atoms with Gasteiger partial charge in [-0.2, -0.15) is 0 Å². The van der Waals surface area contributed by atoms with E-state index >= 15 is 0 Å². The molecule has 0 amide bonds. The Morgan fingerprint density at radius 1 is 1.26 bits per heavy atom. The molecule has 0 unspecified atom stereocenters. The van der Waals surface area contributed by atoms with Gasteiger partial charge in [0.15, 0.2) is 5.82 Å². The third-order valence-electron chi connectivity index (χ3n) is 3.19. The number of aromatic nitrogens is 2. The number of fused-ring (bicyclic) bond motifs is 1. The summed E-state index contributed by atoms with van der Waals surface area (Å²) >= 11 is 3.60. The molecule has 2 aromatic heterocycles. The minimum atomic E-state index is 0.449. The summed E-state index contributed by atoms with van der Waals surface area (Å²) in [5.41, 5.74) is 2.24. The van der Waals surface area contributed by atoms with Crippen LogP contribution in [0, 0.1) is 5.92 Å². The lowest BCUT2D eigenvalue weighted by atomic mass is 10.1. The van der Waals surface area contributed by atoms with Gasteiger partial charge in [0.25, 0.3) is 0 Å². The molecule has 104 valence electrons. The molecule has 3 nitrogen and oxygen atoms in total. The average molecular weight is 324 g/mol. The molecular formula is C15H22BrN3. The maximum atomic E-state index is 4.82. The van der Waals surface area contributed by atoms with Crippen LogP contribution < -0.4 is 4.90 Å². The van der Waals surface area contributed by atoms with Crippen molar-refractivity contribution in [1.29, 1.82) is 0 Å². The van der Waals surface area contributed by atoms with Gasteiger partial charge in [0.2, 0.25) is 0 Å². The summed E-state index contributed by atoms with van der Waals surface area (Å²) < 4.78 is 2.17. The van der Waals surface area contributed by atoms with Gasteiger partial charge in [-0.1, -0.05) is 35.8 Å². The van der Waals surface area contributed by atoms with Crippen molar-refractivity contribution in [3.63, 3.8) is 0 Å². The second-order valence-electron chi connectivity index (χ2n) is 5.58. The maximum absolute atomic E-state index is 4.82. The highest BCUT2D eigenvalue weighted by atomic mass is 79.9. The lowest BCUT2D eigenvalue weighted by Gasteiger charge is -2.29. The Hall–Kier alpha value is -1.03. The van der Waals surface area contributed by atoms with Gasteiger partial charge in [-0.05, 0) is 31.9 Å². The first-order valence-electron chi connectivity index (χ1n) is 6.83. The number of alkyl halides is 1. The topological polar surface area (TPSA) is 20.5 Å². The van der Waals surface area contributed by atoms with E-state index in [4.69, 9.17) is 4.98 Å². The first kappa shape index (κ1) is 14.4. The largest absolute Gasteiger partial charge is 0.352 e. The molecule has 0 aliphatic heterocycles. The molecule has 0 saturated heterocycles. The molecule has 2 aromatic rings. The van der Waals surface area contributed by atoms with E-state index in [1.165, 1.54) is 5.69 Å². The van der Waals surface area contributed by atoms with Crippen LogP contribution in [0.5, 0.6) is 0 Å². The Balaban J connectivity index is 2.52. The number of pyridine rings is 1. The van der Waals surface area contributed by atoms with Gasteiger partial charge in [0.05, 0.1) is 5.69 Å². The molecule has 0 aromatic carbocycles. The van der Waals surface area contributed by atoms with Crippen molar-refractivity contribution >= 4 is 27.4 Å². The summed E-state index contributed by atoms with van der Waals surface area (Å²) in [6, 6.07) is 6.59. The minimum Gasteiger partial charge on any atom is -0.352 e. The zero-order chi connectivity index (χ0) is 14.0. The zero-order valence-electron chi connectivity index (χ0n) is 12.1. The number of halogens is 1. The highest BCUT2D eigenvalue weighted by Crippen LogP contribution is 2.26. The van der Waals surface area contributed by atoms with E-state index in [1.807, 2.05) is 12.1 Å². The first-order chi connectivity index (χ1) is 9.04. The van der Waals surface area contributed by atoms with Gasteiger partial charge in [0, 0.05) is 24.1 Å². The highest BCUT2D eigenvalue weighted by Gasteiger charge is 2.20. The normalized spacial score (nSPS) is 11.7. The van der Waals surface area contributed by atoms with Gasteiger partial charge in [0.1, 0.15) is 5.65 Å². The number of hydrogen-bond acceptors (Lipinski definition) is 2. The minimum absolute atomic E-state index is 0.449. The quantitative estimate of drug-likeness (QED) is 0.772. The fraction of sp³-hybridized carbons (Fsp3) is 0.533. The van der Waals surface area contributed by atoms with E-state index in [-0.39, 0.29) is 0 Å². The van der Waals surface area contributed by atoms with Crippen molar-refractivity contribution in [2.24, 2.45) is 5.92 Å². The average Bonchev–Trinajstić information content (AvgIpc) is 2.73. The SMILES string of the molecule is CC(C)CN(c1nc2ccccn2c1CBr)C(C)C. The third kappa shape index (κ3) is 2.94. The fourth-order valence-electron chi connectivity index (χ4n) is 2.32. The van der Waals surface area contributed by atoms with Crippen LogP contribution in [0.1, 0.15) is 33.4 Å². The van der Waals surface area contributed by atoms with Crippen LogP contribution in [0.4, 0.5) is 5.82 Å². The van der Waals surface area contributed by atoms with Crippen LogP contribution in [-0.2, 0) is 5.33 Å². The summed E-state index contributed by atoms with van der Waals surface area (Å²) in [6.07, 6.45) is 2.08. The fourth-order valence-corrected chi connectivity index (χ4v) is 2.84. The maximum Gasteiger partial charge on any atom is 0.152 e. The number of rotatable bonds is 5. The van der Waals surface area contributed by atoms with E-state index < -0.39 is 0 Å².